The summed E-state index contributed by atoms with van der Waals surface area (Å²) in [6, 6.07) is 39.9. The fourth-order valence-corrected chi connectivity index (χ4v) is 70.5. The Morgan fingerprint density at radius 1 is 0.622 bits per heavy atom. The van der Waals surface area contributed by atoms with Crippen LogP contribution in [0.2, 0.25) is 12.1 Å². The number of halogens is 2. The molecule has 4 aromatic rings. The maximum atomic E-state index is 4.03. The third-order valence-corrected chi connectivity index (χ3v) is 60.3. The molecule has 231 valence electrons. The SMILES string of the molecule is CC[SiH](CC)[Zr]1([CH]2C(C)=Cc3c(Br)cccc32)([CH]2C(C)=Cc3c(Br)cccc32)[N](c2ccccc2)CCC[N]1c1ccccc1. The molecule has 1 saturated heterocycles. The third kappa shape index (κ3) is 4.38. The minimum atomic E-state index is -4.86. The van der Waals surface area contributed by atoms with Gasteiger partial charge in [0.2, 0.25) is 0 Å². The Kier molecular flexibility index (Phi) is 8.59. The van der Waals surface area contributed by atoms with Gasteiger partial charge in [-0.05, 0) is 0 Å². The quantitative estimate of drug-likeness (QED) is 0.171. The Bertz CT molecular complexity index is 1680. The van der Waals surface area contributed by atoms with Crippen LogP contribution in [-0.2, 0) is 18.5 Å². The number of anilines is 2. The summed E-state index contributed by atoms with van der Waals surface area (Å²) in [5.41, 5.74) is 11.9. The van der Waals surface area contributed by atoms with E-state index in [0.717, 1.165) is 19.5 Å². The van der Waals surface area contributed by atoms with Crippen LogP contribution in [0.4, 0.5) is 11.4 Å². The molecule has 6 heteroatoms. The van der Waals surface area contributed by atoms with Crippen molar-refractivity contribution in [2.24, 2.45) is 0 Å². The van der Waals surface area contributed by atoms with Crippen molar-refractivity contribution in [2.45, 2.75) is 53.5 Å². The van der Waals surface area contributed by atoms with Crippen molar-refractivity contribution in [3.8, 4) is 0 Å². The molecule has 1 aliphatic heterocycles. The first-order chi connectivity index (χ1) is 21.9. The number of rotatable bonds is 7. The third-order valence-electron chi connectivity index (χ3n) is 11.5. The van der Waals surface area contributed by atoms with Crippen molar-refractivity contribution < 1.29 is 18.5 Å². The van der Waals surface area contributed by atoms with Crippen LogP contribution >= 0.6 is 31.9 Å². The van der Waals surface area contributed by atoms with E-state index in [0.29, 0.717) is 7.25 Å². The van der Waals surface area contributed by atoms with Crippen LogP contribution in [0.5, 0.6) is 0 Å². The summed E-state index contributed by atoms with van der Waals surface area (Å²) >= 11 is 3.20. The average molecular weight is 819 g/mol. The molecule has 1 fully saturated rings. The van der Waals surface area contributed by atoms with Crippen molar-refractivity contribution in [1.82, 2.24) is 0 Å². The van der Waals surface area contributed by atoms with Crippen molar-refractivity contribution in [3.63, 3.8) is 0 Å². The van der Waals surface area contributed by atoms with Crippen LogP contribution in [0.1, 0.15) is 63.6 Å². The molecule has 45 heavy (non-hydrogen) atoms. The van der Waals surface area contributed by atoms with E-state index in [-0.39, 0.29) is 0 Å². The average Bonchev–Trinajstić information content (AvgIpc) is 3.60. The first-order valence-corrected chi connectivity index (χ1v) is 29.7. The van der Waals surface area contributed by atoms with Gasteiger partial charge in [-0.25, -0.2) is 0 Å². The van der Waals surface area contributed by atoms with E-state index in [1.807, 2.05) is 0 Å². The van der Waals surface area contributed by atoms with Gasteiger partial charge in [-0.1, -0.05) is 0 Å². The van der Waals surface area contributed by atoms with Crippen LogP contribution in [0.15, 0.2) is 117 Å². The molecular formula is C39H43Br2N2SiZr. The summed E-state index contributed by atoms with van der Waals surface area (Å²) in [6.45, 7) is 12.3. The fraction of sp³-hybridized carbons (Fsp3) is 0.282. The van der Waals surface area contributed by atoms with E-state index < -0.39 is 24.4 Å². The molecule has 0 amide bonds. The zero-order valence-electron chi connectivity index (χ0n) is 26.8. The molecular weight excluding hydrogens is 776 g/mol. The molecule has 2 aliphatic carbocycles. The Morgan fingerprint density at radius 3 is 1.44 bits per heavy atom. The monoisotopic (exact) mass is 815 g/mol. The van der Waals surface area contributed by atoms with Crippen LogP contribution in [-0.4, -0.2) is 19.0 Å². The van der Waals surface area contributed by atoms with E-state index in [1.165, 1.54) is 43.5 Å². The fourth-order valence-electron chi connectivity index (χ4n) is 10.5. The van der Waals surface area contributed by atoms with Gasteiger partial charge >= 0.3 is 291 Å². The summed E-state index contributed by atoms with van der Waals surface area (Å²) in [6.07, 6.45) is 6.26. The van der Waals surface area contributed by atoms with Gasteiger partial charge < -0.3 is 0 Å². The molecule has 2 atom stereocenters. The van der Waals surface area contributed by atoms with Crippen LogP contribution in [0, 0.1) is 0 Å². The Labute approximate surface area is 289 Å². The predicted molar refractivity (Wildman–Crippen MR) is 201 cm³/mol. The molecule has 0 N–H and O–H groups in total. The van der Waals surface area contributed by atoms with Gasteiger partial charge in [0.25, 0.3) is 0 Å². The van der Waals surface area contributed by atoms with E-state index in [9.17, 15) is 0 Å². The van der Waals surface area contributed by atoms with Gasteiger partial charge in [-0.15, -0.1) is 0 Å². The Hall–Kier alpha value is -1.98. The zero-order chi connectivity index (χ0) is 31.4. The van der Waals surface area contributed by atoms with Crippen molar-refractivity contribution in [2.75, 3.05) is 18.8 Å². The number of fused-ring (bicyclic) bond motifs is 2. The number of hydrogen-bond acceptors (Lipinski definition) is 2. The normalized spacial score (nSPS) is 22.3. The van der Waals surface area contributed by atoms with Gasteiger partial charge in [-0.3, -0.25) is 0 Å². The minimum absolute atomic E-state index is 0.370. The molecule has 0 saturated carbocycles. The summed E-state index contributed by atoms with van der Waals surface area (Å²) in [5, 5.41) is 0. The second kappa shape index (κ2) is 12.2. The molecule has 0 bridgehead atoms. The molecule has 7 rings (SSSR count). The summed E-state index contributed by atoms with van der Waals surface area (Å²) in [5.74, 6) is -1.58. The summed E-state index contributed by atoms with van der Waals surface area (Å²) in [4.78, 5) is 0. The van der Waals surface area contributed by atoms with Gasteiger partial charge in [0.1, 0.15) is 0 Å². The van der Waals surface area contributed by atoms with Gasteiger partial charge in [0.05, 0.1) is 0 Å². The first-order valence-electron chi connectivity index (χ1n) is 16.6. The van der Waals surface area contributed by atoms with Crippen LogP contribution in [0.25, 0.3) is 12.2 Å². The molecule has 1 heterocycles. The Morgan fingerprint density at radius 2 is 1.04 bits per heavy atom. The number of benzene rings is 4. The predicted octanol–water partition coefficient (Wildman–Crippen LogP) is 11.5. The van der Waals surface area contributed by atoms with E-state index in [2.05, 4.69) is 174 Å². The first kappa shape index (κ1) is 31.6. The van der Waals surface area contributed by atoms with Gasteiger partial charge in [0.15, 0.2) is 0 Å². The summed E-state index contributed by atoms with van der Waals surface area (Å²) in [7, 11) is 0. The summed E-state index contributed by atoms with van der Waals surface area (Å²) < 4.78 is 9.54. The van der Waals surface area contributed by atoms with E-state index in [4.69, 9.17) is 0 Å². The molecule has 0 aromatic heterocycles. The number of hydrogen-bond donors (Lipinski definition) is 0. The van der Waals surface area contributed by atoms with Crippen LogP contribution in [0.3, 0.4) is 0 Å². The van der Waals surface area contributed by atoms with Crippen molar-refractivity contribution in [3.05, 3.63) is 139 Å². The zero-order valence-corrected chi connectivity index (χ0v) is 33.6. The van der Waals surface area contributed by atoms with Crippen LogP contribution < -0.4 is 5.69 Å². The molecule has 2 unspecified atom stereocenters. The topological polar surface area (TPSA) is 6.48 Å². The van der Waals surface area contributed by atoms with E-state index >= 15 is 0 Å². The van der Waals surface area contributed by atoms with Gasteiger partial charge in [0, 0.05) is 0 Å². The Balaban J connectivity index is 1.75. The van der Waals surface area contributed by atoms with E-state index in [1.54, 1.807) is 22.3 Å². The molecule has 2 nitrogen and oxygen atoms in total. The second-order valence-corrected chi connectivity index (χ2v) is 43.3. The van der Waals surface area contributed by atoms with Crippen molar-refractivity contribution >= 4 is 61.3 Å². The molecule has 4 aromatic carbocycles. The maximum absolute atomic E-state index is 4.86. The standard InChI is InChI=1S/C15H16N2.2C10H8Br.C4H11Si.Zr/c1-3-8-14(9-4-1)16-12-7-13-17-15-10-5-2-6-11-15;2*1-7-5-8-3-2-4-10(11)9(8)6-7;1-3-5-4-2;/h1-6,8-11H,7,12-13H2;2*2-6H,1H3;5H,3-4H2,1-2H3;/q-2;;;;+2. The second-order valence-electron chi connectivity index (χ2n) is 13.3. The molecule has 3 aliphatic rings. The molecule has 0 radical (unpaired) electrons. The number of nitrogens with zero attached hydrogens (tertiary/aromatic N) is 2. The number of allylic oxidation sites excluding steroid dienone is 2. The van der Waals surface area contributed by atoms with Gasteiger partial charge in [-0.2, -0.15) is 0 Å². The number of para-hydroxylation sites is 2. The van der Waals surface area contributed by atoms with Crippen molar-refractivity contribution in [1.29, 1.82) is 0 Å². The molecule has 0 spiro atoms.